The van der Waals surface area contributed by atoms with E-state index in [2.05, 4.69) is 19.9 Å². The molecule has 0 amide bonds. The molecular weight excluding hydrogens is 194 g/mol. The summed E-state index contributed by atoms with van der Waals surface area (Å²) in [7, 11) is 1.34. The molecule has 0 fully saturated rings. The Balaban J connectivity index is 2.53. The molecule has 0 spiro atoms. The predicted octanol–water partition coefficient (Wildman–Crippen LogP) is 1.31. The number of H-pyrrole nitrogens is 1. The number of aryl methyl sites for hydroxylation is 1. The van der Waals surface area contributed by atoms with E-state index in [0.717, 1.165) is 17.6 Å². The number of aromatic nitrogens is 3. The van der Waals surface area contributed by atoms with Crippen molar-refractivity contribution in [3.05, 3.63) is 23.5 Å². The molecule has 2 rings (SSSR count). The lowest BCUT2D eigenvalue weighted by Gasteiger charge is -1.97. The summed E-state index contributed by atoms with van der Waals surface area (Å²) in [4.78, 5) is 15.4. The third-order valence-corrected chi connectivity index (χ3v) is 2.24. The Kier molecular flexibility index (Phi) is 2.37. The number of methoxy groups -OCH3 is 1. The number of ether oxygens (including phenoxy) is 1. The summed E-state index contributed by atoms with van der Waals surface area (Å²) in [6, 6.07) is 1.67. The average molecular weight is 205 g/mol. The fraction of sp³-hybridized carbons (Fsp3) is 0.300. The first kappa shape index (κ1) is 9.64. The molecule has 0 saturated carbocycles. The minimum absolute atomic E-state index is 0.398. The van der Waals surface area contributed by atoms with E-state index in [4.69, 9.17) is 0 Å². The third-order valence-electron chi connectivity index (χ3n) is 2.24. The fourth-order valence-electron chi connectivity index (χ4n) is 1.43. The van der Waals surface area contributed by atoms with Crippen LogP contribution >= 0.6 is 0 Å². The molecule has 0 aliphatic rings. The SMILES string of the molecule is CCc1[nH]nc2cc(C(=O)OC)cnc12. The minimum Gasteiger partial charge on any atom is -0.465 e. The first-order valence-corrected chi connectivity index (χ1v) is 4.67. The van der Waals surface area contributed by atoms with Gasteiger partial charge < -0.3 is 4.74 Å². The van der Waals surface area contributed by atoms with Crippen LogP contribution < -0.4 is 0 Å². The predicted molar refractivity (Wildman–Crippen MR) is 54.6 cm³/mol. The van der Waals surface area contributed by atoms with Crippen LogP contribution in [0.4, 0.5) is 0 Å². The van der Waals surface area contributed by atoms with Gasteiger partial charge in [0.25, 0.3) is 0 Å². The summed E-state index contributed by atoms with van der Waals surface area (Å²) >= 11 is 0. The maximum Gasteiger partial charge on any atom is 0.339 e. The molecule has 5 heteroatoms. The zero-order chi connectivity index (χ0) is 10.8. The fourth-order valence-corrected chi connectivity index (χ4v) is 1.43. The molecular formula is C10H11N3O2. The molecule has 78 valence electrons. The molecule has 0 atom stereocenters. The first-order valence-electron chi connectivity index (χ1n) is 4.67. The van der Waals surface area contributed by atoms with Crippen molar-refractivity contribution < 1.29 is 9.53 Å². The van der Waals surface area contributed by atoms with E-state index < -0.39 is 5.97 Å². The Labute approximate surface area is 86.5 Å². The van der Waals surface area contributed by atoms with E-state index in [1.165, 1.54) is 13.3 Å². The van der Waals surface area contributed by atoms with E-state index >= 15 is 0 Å². The second-order valence-electron chi connectivity index (χ2n) is 3.14. The van der Waals surface area contributed by atoms with Gasteiger partial charge in [0, 0.05) is 6.20 Å². The van der Waals surface area contributed by atoms with E-state index in [-0.39, 0.29) is 0 Å². The highest BCUT2D eigenvalue weighted by molar-refractivity contribution is 5.92. The Morgan fingerprint density at radius 1 is 1.60 bits per heavy atom. The second kappa shape index (κ2) is 3.68. The Morgan fingerprint density at radius 2 is 2.40 bits per heavy atom. The van der Waals surface area contributed by atoms with Gasteiger partial charge in [0.2, 0.25) is 0 Å². The number of fused-ring (bicyclic) bond motifs is 1. The third kappa shape index (κ3) is 1.56. The Hall–Kier alpha value is -1.91. The summed E-state index contributed by atoms with van der Waals surface area (Å²) in [5.41, 5.74) is 2.89. The molecule has 0 saturated heterocycles. The standard InChI is InChI=1S/C10H11N3O2/c1-3-7-9-8(13-12-7)4-6(5-11-9)10(14)15-2/h4-5H,3H2,1-2H3,(H,12,13). The molecule has 2 aromatic heterocycles. The monoisotopic (exact) mass is 205 g/mol. The van der Waals surface area contributed by atoms with Gasteiger partial charge in [0.05, 0.1) is 18.4 Å². The van der Waals surface area contributed by atoms with Gasteiger partial charge in [-0.05, 0) is 12.5 Å². The number of pyridine rings is 1. The summed E-state index contributed by atoms with van der Waals surface area (Å²) < 4.78 is 4.60. The highest BCUT2D eigenvalue weighted by atomic mass is 16.5. The molecule has 0 aromatic carbocycles. The number of nitrogens with zero attached hydrogens (tertiary/aromatic N) is 2. The maximum atomic E-state index is 11.2. The molecule has 0 unspecified atom stereocenters. The molecule has 0 aliphatic carbocycles. The average Bonchev–Trinajstić information content (AvgIpc) is 2.69. The van der Waals surface area contributed by atoms with E-state index in [0.29, 0.717) is 11.1 Å². The highest BCUT2D eigenvalue weighted by Crippen LogP contribution is 2.15. The lowest BCUT2D eigenvalue weighted by molar-refractivity contribution is 0.0600. The summed E-state index contributed by atoms with van der Waals surface area (Å²) in [5, 5.41) is 6.95. The lowest BCUT2D eigenvalue weighted by atomic mass is 10.2. The van der Waals surface area contributed by atoms with Gasteiger partial charge >= 0.3 is 5.97 Å². The van der Waals surface area contributed by atoms with E-state index in [1.807, 2.05) is 6.92 Å². The number of aromatic amines is 1. The number of esters is 1. The normalized spacial score (nSPS) is 10.5. The Bertz CT molecular complexity index is 504. The molecule has 2 aromatic rings. The molecule has 0 radical (unpaired) electrons. The molecule has 5 nitrogen and oxygen atoms in total. The largest absolute Gasteiger partial charge is 0.465 e. The molecule has 0 bridgehead atoms. The van der Waals surface area contributed by atoms with Crippen molar-refractivity contribution >= 4 is 17.0 Å². The van der Waals surface area contributed by atoms with Crippen LogP contribution in [0.5, 0.6) is 0 Å². The number of nitrogens with one attached hydrogen (secondary N) is 1. The zero-order valence-corrected chi connectivity index (χ0v) is 8.57. The van der Waals surface area contributed by atoms with Crippen molar-refractivity contribution in [1.82, 2.24) is 15.2 Å². The van der Waals surface area contributed by atoms with Crippen molar-refractivity contribution in [3.8, 4) is 0 Å². The zero-order valence-electron chi connectivity index (χ0n) is 8.57. The topological polar surface area (TPSA) is 67.9 Å². The van der Waals surface area contributed by atoms with Gasteiger partial charge in [-0.3, -0.25) is 10.1 Å². The van der Waals surface area contributed by atoms with Crippen LogP contribution in [0.15, 0.2) is 12.3 Å². The van der Waals surface area contributed by atoms with Gasteiger partial charge in [-0.25, -0.2) is 4.79 Å². The second-order valence-corrected chi connectivity index (χ2v) is 3.14. The quantitative estimate of drug-likeness (QED) is 0.750. The molecule has 1 N–H and O–H groups in total. The highest BCUT2D eigenvalue weighted by Gasteiger charge is 2.10. The van der Waals surface area contributed by atoms with Gasteiger partial charge in [0.1, 0.15) is 11.0 Å². The van der Waals surface area contributed by atoms with Crippen LogP contribution in [-0.4, -0.2) is 28.3 Å². The van der Waals surface area contributed by atoms with Crippen LogP contribution in [0.25, 0.3) is 11.0 Å². The van der Waals surface area contributed by atoms with Crippen molar-refractivity contribution in [2.24, 2.45) is 0 Å². The van der Waals surface area contributed by atoms with Crippen LogP contribution in [0.3, 0.4) is 0 Å². The lowest BCUT2D eigenvalue weighted by Crippen LogP contribution is -2.01. The Morgan fingerprint density at radius 3 is 3.07 bits per heavy atom. The van der Waals surface area contributed by atoms with Crippen LogP contribution in [0.2, 0.25) is 0 Å². The van der Waals surface area contributed by atoms with Crippen molar-refractivity contribution in [2.45, 2.75) is 13.3 Å². The van der Waals surface area contributed by atoms with Gasteiger partial charge in [-0.2, -0.15) is 5.10 Å². The van der Waals surface area contributed by atoms with Gasteiger partial charge in [0.15, 0.2) is 0 Å². The van der Waals surface area contributed by atoms with Crippen LogP contribution in [0, 0.1) is 0 Å². The maximum absolute atomic E-state index is 11.2. The van der Waals surface area contributed by atoms with Crippen molar-refractivity contribution in [3.63, 3.8) is 0 Å². The molecule has 2 heterocycles. The van der Waals surface area contributed by atoms with E-state index in [9.17, 15) is 4.79 Å². The van der Waals surface area contributed by atoms with Gasteiger partial charge in [-0.1, -0.05) is 6.92 Å². The number of hydrogen-bond acceptors (Lipinski definition) is 4. The summed E-state index contributed by atoms with van der Waals surface area (Å²) in [6.45, 7) is 2.02. The van der Waals surface area contributed by atoms with Crippen LogP contribution in [0.1, 0.15) is 23.0 Å². The molecule has 15 heavy (non-hydrogen) atoms. The van der Waals surface area contributed by atoms with E-state index in [1.54, 1.807) is 6.07 Å². The molecule has 0 aliphatic heterocycles. The number of hydrogen-bond donors (Lipinski definition) is 1. The van der Waals surface area contributed by atoms with Gasteiger partial charge in [-0.15, -0.1) is 0 Å². The minimum atomic E-state index is -0.398. The number of carbonyl (C=O) groups is 1. The van der Waals surface area contributed by atoms with Crippen molar-refractivity contribution in [1.29, 1.82) is 0 Å². The van der Waals surface area contributed by atoms with Crippen LogP contribution in [-0.2, 0) is 11.2 Å². The summed E-state index contributed by atoms with van der Waals surface area (Å²) in [5.74, 6) is -0.398. The number of rotatable bonds is 2. The summed E-state index contributed by atoms with van der Waals surface area (Å²) in [6.07, 6.45) is 2.34. The smallest absolute Gasteiger partial charge is 0.339 e. The number of carbonyl (C=O) groups excluding carboxylic acids is 1. The van der Waals surface area contributed by atoms with Crippen molar-refractivity contribution in [2.75, 3.05) is 7.11 Å². The first-order chi connectivity index (χ1) is 7.26.